The highest BCUT2D eigenvalue weighted by Crippen LogP contribution is 2.24. The van der Waals surface area contributed by atoms with Crippen molar-refractivity contribution in [1.82, 2.24) is 15.3 Å². The van der Waals surface area contributed by atoms with Crippen molar-refractivity contribution in [3.63, 3.8) is 0 Å². The van der Waals surface area contributed by atoms with E-state index in [1.165, 1.54) is 12.1 Å². The molecule has 0 unspecified atom stereocenters. The van der Waals surface area contributed by atoms with Gasteiger partial charge in [0.25, 0.3) is 0 Å². The van der Waals surface area contributed by atoms with Crippen LogP contribution < -0.4 is 10.5 Å². The molecular formula is C23H22N4O3S. The SMILES string of the molecule is NS(=O)(=O)c1ccc(CCN[C@@H](C(=O)c2c[nH]c3ncccc23)c2ccccc2)cc1. The number of nitrogens with one attached hydrogen (secondary N) is 2. The highest BCUT2D eigenvalue weighted by atomic mass is 32.2. The molecule has 2 heterocycles. The molecule has 4 N–H and O–H groups in total. The van der Waals surface area contributed by atoms with Gasteiger partial charge in [0.15, 0.2) is 5.78 Å². The van der Waals surface area contributed by atoms with Gasteiger partial charge in [-0.15, -0.1) is 0 Å². The molecule has 158 valence electrons. The van der Waals surface area contributed by atoms with Crippen LogP contribution in [-0.2, 0) is 16.4 Å². The average Bonchev–Trinajstić information content (AvgIpc) is 3.21. The summed E-state index contributed by atoms with van der Waals surface area (Å²) in [4.78, 5) is 20.8. The Hall–Kier alpha value is -3.33. The van der Waals surface area contributed by atoms with E-state index in [1.807, 2.05) is 42.5 Å². The number of nitrogens with two attached hydrogens (primary N) is 1. The molecule has 0 fully saturated rings. The van der Waals surface area contributed by atoms with Gasteiger partial charge in [0.2, 0.25) is 10.0 Å². The fraction of sp³-hybridized carbons (Fsp3) is 0.130. The van der Waals surface area contributed by atoms with E-state index in [4.69, 9.17) is 5.14 Å². The molecule has 0 saturated carbocycles. The Morgan fingerprint density at radius 1 is 1.03 bits per heavy atom. The number of carbonyl (C=O) groups excluding carboxylic acids is 1. The van der Waals surface area contributed by atoms with Crippen LogP contribution in [-0.4, -0.2) is 30.7 Å². The van der Waals surface area contributed by atoms with Crippen LogP contribution in [0.3, 0.4) is 0 Å². The first kappa shape index (κ1) is 20.9. The van der Waals surface area contributed by atoms with E-state index in [1.54, 1.807) is 24.5 Å². The predicted octanol–water partition coefficient (Wildman–Crippen LogP) is 2.97. The number of primary sulfonamides is 1. The Bertz CT molecular complexity index is 1300. The highest BCUT2D eigenvalue weighted by Gasteiger charge is 2.24. The van der Waals surface area contributed by atoms with E-state index in [-0.39, 0.29) is 10.7 Å². The first-order chi connectivity index (χ1) is 14.9. The van der Waals surface area contributed by atoms with Crippen LogP contribution in [0.5, 0.6) is 0 Å². The van der Waals surface area contributed by atoms with E-state index < -0.39 is 16.1 Å². The van der Waals surface area contributed by atoms with E-state index in [0.717, 1.165) is 16.5 Å². The van der Waals surface area contributed by atoms with E-state index >= 15 is 0 Å². The largest absolute Gasteiger partial charge is 0.345 e. The van der Waals surface area contributed by atoms with Crippen molar-refractivity contribution in [2.75, 3.05) is 6.54 Å². The molecular weight excluding hydrogens is 412 g/mol. The summed E-state index contributed by atoms with van der Waals surface area (Å²) in [5.41, 5.74) is 3.07. The molecule has 0 bridgehead atoms. The Balaban J connectivity index is 1.53. The van der Waals surface area contributed by atoms with Crippen LogP contribution in [0.1, 0.15) is 27.5 Å². The molecule has 4 rings (SSSR count). The molecule has 31 heavy (non-hydrogen) atoms. The lowest BCUT2D eigenvalue weighted by Gasteiger charge is -2.18. The summed E-state index contributed by atoms with van der Waals surface area (Å²) in [5, 5.41) is 9.29. The first-order valence-corrected chi connectivity index (χ1v) is 11.3. The number of H-pyrrole nitrogens is 1. The number of carbonyl (C=O) groups is 1. The summed E-state index contributed by atoms with van der Waals surface area (Å²) in [6.45, 7) is 0.528. The monoisotopic (exact) mass is 434 g/mol. The number of benzene rings is 2. The van der Waals surface area contributed by atoms with Crippen LogP contribution >= 0.6 is 0 Å². The maximum atomic E-state index is 13.4. The Morgan fingerprint density at radius 2 is 1.77 bits per heavy atom. The molecule has 2 aromatic heterocycles. The summed E-state index contributed by atoms with van der Waals surface area (Å²) < 4.78 is 22.8. The standard InChI is InChI=1S/C23H22N4O3S/c24-31(29,30)18-10-8-16(9-11-18)12-14-25-21(17-5-2-1-3-6-17)22(28)20-15-27-23-19(20)7-4-13-26-23/h1-11,13,15,21,25H,12,14H2,(H,26,27)(H2,24,29,30)/t21-/m1/s1. The lowest BCUT2D eigenvalue weighted by Crippen LogP contribution is -2.30. The number of fused-ring (bicyclic) bond motifs is 1. The fourth-order valence-electron chi connectivity index (χ4n) is 3.53. The molecule has 0 radical (unpaired) electrons. The minimum Gasteiger partial charge on any atom is -0.345 e. The number of Topliss-reactive ketones (excluding diaryl/α,β-unsaturated/α-hetero) is 1. The van der Waals surface area contributed by atoms with Crippen molar-refractivity contribution in [3.05, 3.63) is 95.8 Å². The van der Waals surface area contributed by atoms with Crippen molar-refractivity contribution in [2.24, 2.45) is 5.14 Å². The van der Waals surface area contributed by atoms with Gasteiger partial charge in [0, 0.05) is 29.9 Å². The van der Waals surface area contributed by atoms with E-state index in [2.05, 4.69) is 15.3 Å². The molecule has 7 nitrogen and oxygen atoms in total. The van der Waals surface area contributed by atoms with Crippen molar-refractivity contribution in [3.8, 4) is 0 Å². The Morgan fingerprint density at radius 3 is 2.48 bits per heavy atom. The fourth-order valence-corrected chi connectivity index (χ4v) is 4.04. The molecule has 8 heteroatoms. The summed E-state index contributed by atoms with van der Waals surface area (Å²) >= 11 is 0. The number of hydrogen-bond donors (Lipinski definition) is 3. The maximum absolute atomic E-state index is 13.4. The van der Waals surface area contributed by atoms with Gasteiger partial charge in [0.1, 0.15) is 5.65 Å². The third kappa shape index (κ3) is 4.72. The number of sulfonamides is 1. The zero-order chi connectivity index (χ0) is 21.8. The minimum atomic E-state index is -3.71. The number of aromatic amines is 1. The molecule has 2 aromatic carbocycles. The maximum Gasteiger partial charge on any atom is 0.238 e. The van der Waals surface area contributed by atoms with Crippen molar-refractivity contribution >= 4 is 26.8 Å². The Kier molecular flexibility index (Phi) is 5.94. The Labute approximate surface area is 180 Å². The van der Waals surface area contributed by atoms with Gasteiger partial charge in [-0.3, -0.25) is 4.79 Å². The summed E-state index contributed by atoms with van der Waals surface area (Å²) in [6.07, 6.45) is 4.00. The summed E-state index contributed by atoms with van der Waals surface area (Å²) in [6, 6.07) is 19.2. The smallest absolute Gasteiger partial charge is 0.238 e. The van der Waals surface area contributed by atoms with Gasteiger partial charge in [-0.1, -0.05) is 42.5 Å². The van der Waals surface area contributed by atoms with Gasteiger partial charge >= 0.3 is 0 Å². The average molecular weight is 435 g/mol. The van der Waals surface area contributed by atoms with E-state index in [0.29, 0.717) is 24.2 Å². The second-order valence-corrected chi connectivity index (χ2v) is 8.76. The number of ketones is 1. The van der Waals surface area contributed by atoms with Crippen LogP contribution in [0.4, 0.5) is 0 Å². The normalized spacial score (nSPS) is 12.7. The molecule has 0 aliphatic rings. The lowest BCUT2D eigenvalue weighted by molar-refractivity contribution is 0.0945. The van der Waals surface area contributed by atoms with Gasteiger partial charge in [-0.2, -0.15) is 0 Å². The van der Waals surface area contributed by atoms with Crippen molar-refractivity contribution < 1.29 is 13.2 Å². The van der Waals surface area contributed by atoms with Gasteiger partial charge < -0.3 is 10.3 Å². The minimum absolute atomic E-state index is 0.0463. The molecule has 0 aliphatic heterocycles. The second kappa shape index (κ2) is 8.81. The van der Waals surface area contributed by atoms with Crippen molar-refractivity contribution in [2.45, 2.75) is 17.4 Å². The quantitative estimate of drug-likeness (QED) is 0.369. The van der Waals surface area contributed by atoms with Crippen LogP contribution in [0.2, 0.25) is 0 Å². The first-order valence-electron chi connectivity index (χ1n) is 9.80. The van der Waals surface area contributed by atoms with Crippen LogP contribution in [0.25, 0.3) is 11.0 Å². The predicted molar refractivity (Wildman–Crippen MR) is 119 cm³/mol. The number of nitrogens with zero attached hydrogens (tertiary/aromatic N) is 1. The molecule has 0 amide bonds. The van der Waals surface area contributed by atoms with Crippen LogP contribution in [0.15, 0.2) is 84.0 Å². The summed E-state index contributed by atoms with van der Waals surface area (Å²) in [7, 11) is -3.71. The molecule has 0 saturated heterocycles. The van der Waals surface area contributed by atoms with Gasteiger partial charge in [-0.05, 0) is 41.8 Å². The van der Waals surface area contributed by atoms with Gasteiger partial charge in [0.05, 0.1) is 10.9 Å². The zero-order valence-electron chi connectivity index (χ0n) is 16.7. The molecule has 0 spiro atoms. The number of aromatic nitrogens is 2. The van der Waals surface area contributed by atoms with Crippen LogP contribution in [0, 0.1) is 0 Å². The zero-order valence-corrected chi connectivity index (χ0v) is 17.5. The third-order valence-corrected chi connectivity index (χ3v) is 6.05. The van der Waals surface area contributed by atoms with Crippen molar-refractivity contribution in [1.29, 1.82) is 0 Å². The van der Waals surface area contributed by atoms with Gasteiger partial charge in [-0.25, -0.2) is 18.5 Å². The summed E-state index contributed by atoms with van der Waals surface area (Å²) in [5.74, 6) is -0.0463. The third-order valence-electron chi connectivity index (χ3n) is 5.13. The number of hydrogen-bond acceptors (Lipinski definition) is 5. The lowest BCUT2D eigenvalue weighted by atomic mass is 9.97. The van der Waals surface area contributed by atoms with E-state index in [9.17, 15) is 13.2 Å². The number of pyridine rings is 1. The molecule has 1 atom stereocenters. The molecule has 4 aromatic rings. The topological polar surface area (TPSA) is 118 Å². The highest BCUT2D eigenvalue weighted by molar-refractivity contribution is 7.89. The molecule has 0 aliphatic carbocycles. The number of rotatable bonds is 8. The second-order valence-electron chi connectivity index (χ2n) is 7.20.